The molecule has 0 saturated carbocycles. The van der Waals surface area contributed by atoms with Gasteiger partial charge in [0.2, 0.25) is 10.0 Å². The fourth-order valence-corrected chi connectivity index (χ4v) is 3.48. The molecular weight excluding hydrogens is 304 g/mol. The van der Waals surface area contributed by atoms with Crippen molar-refractivity contribution in [1.29, 1.82) is 0 Å². The third-order valence-electron chi connectivity index (χ3n) is 3.24. The molecule has 22 heavy (non-hydrogen) atoms. The molecule has 0 saturated heterocycles. The third-order valence-corrected chi connectivity index (χ3v) is 5.17. The van der Waals surface area contributed by atoms with Crippen LogP contribution in [0.15, 0.2) is 59.5 Å². The summed E-state index contributed by atoms with van der Waals surface area (Å²) in [6.07, 6.45) is 0. The Labute approximate surface area is 129 Å². The van der Waals surface area contributed by atoms with Crippen LogP contribution < -0.4 is 0 Å². The second kappa shape index (κ2) is 6.67. The van der Waals surface area contributed by atoms with Gasteiger partial charge in [0, 0.05) is 25.2 Å². The maximum atomic E-state index is 12.6. The van der Waals surface area contributed by atoms with Crippen LogP contribution in [0.3, 0.4) is 0 Å². The van der Waals surface area contributed by atoms with Gasteiger partial charge in [-0.05, 0) is 17.7 Å². The van der Waals surface area contributed by atoms with E-state index in [9.17, 15) is 18.5 Å². The molecule has 0 spiro atoms. The molecular formula is C15H16N2O4S. The minimum atomic E-state index is -3.68. The molecule has 0 fully saturated rings. The predicted molar refractivity (Wildman–Crippen MR) is 82.8 cm³/mol. The molecule has 0 amide bonds. The van der Waals surface area contributed by atoms with Crippen molar-refractivity contribution in [3.8, 4) is 0 Å². The Morgan fingerprint density at radius 3 is 2.14 bits per heavy atom. The first-order chi connectivity index (χ1) is 10.4. The Hall–Kier alpha value is -2.25. The number of nitro benzene ring substituents is 1. The lowest BCUT2D eigenvalue weighted by Crippen LogP contribution is -2.30. The summed E-state index contributed by atoms with van der Waals surface area (Å²) in [5.41, 5.74) is 0.750. The first-order valence-corrected chi connectivity index (χ1v) is 8.17. The molecule has 2 rings (SSSR count). The van der Waals surface area contributed by atoms with E-state index in [1.807, 2.05) is 30.3 Å². The van der Waals surface area contributed by atoms with E-state index < -0.39 is 14.9 Å². The van der Waals surface area contributed by atoms with E-state index in [-0.39, 0.29) is 17.1 Å². The highest BCUT2D eigenvalue weighted by Crippen LogP contribution is 2.21. The number of nitro groups is 1. The molecule has 0 unspecified atom stereocenters. The van der Waals surface area contributed by atoms with Gasteiger partial charge in [-0.15, -0.1) is 0 Å². The monoisotopic (exact) mass is 320 g/mol. The smallest absolute Gasteiger partial charge is 0.258 e. The number of rotatable bonds is 6. The second-order valence-corrected chi connectivity index (χ2v) is 6.61. The van der Waals surface area contributed by atoms with Crippen LogP contribution in [-0.4, -0.2) is 24.2 Å². The highest BCUT2D eigenvalue weighted by Gasteiger charge is 2.23. The van der Waals surface area contributed by atoms with Gasteiger partial charge in [0.1, 0.15) is 0 Å². The number of hydrogen-bond donors (Lipinski definition) is 0. The summed E-state index contributed by atoms with van der Waals surface area (Å²) >= 11 is 0. The molecule has 116 valence electrons. The second-order valence-electron chi connectivity index (χ2n) is 4.67. The van der Waals surface area contributed by atoms with Crippen LogP contribution in [0.1, 0.15) is 12.5 Å². The highest BCUT2D eigenvalue weighted by molar-refractivity contribution is 7.89. The molecule has 0 aliphatic carbocycles. The van der Waals surface area contributed by atoms with E-state index >= 15 is 0 Å². The number of sulfonamides is 1. The molecule has 0 aliphatic rings. The molecule has 2 aromatic rings. The van der Waals surface area contributed by atoms with Crippen LogP contribution >= 0.6 is 0 Å². The number of benzene rings is 2. The highest BCUT2D eigenvalue weighted by atomic mass is 32.2. The van der Waals surface area contributed by atoms with Crippen LogP contribution in [0.25, 0.3) is 0 Å². The van der Waals surface area contributed by atoms with Gasteiger partial charge < -0.3 is 0 Å². The predicted octanol–water partition coefficient (Wildman–Crippen LogP) is 2.81. The normalized spacial score (nSPS) is 11.5. The maximum Gasteiger partial charge on any atom is 0.269 e. The van der Waals surface area contributed by atoms with Gasteiger partial charge in [-0.2, -0.15) is 4.31 Å². The lowest BCUT2D eigenvalue weighted by molar-refractivity contribution is -0.384. The van der Waals surface area contributed by atoms with Crippen molar-refractivity contribution in [3.05, 3.63) is 70.3 Å². The minimum absolute atomic E-state index is 0.0517. The van der Waals surface area contributed by atoms with E-state index in [4.69, 9.17) is 0 Å². The Kier molecular flexibility index (Phi) is 4.89. The number of non-ortho nitro benzene ring substituents is 1. The Morgan fingerprint density at radius 2 is 1.64 bits per heavy atom. The topological polar surface area (TPSA) is 80.5 Å². The van der Waals surface area contributed by atoms with Gasteiger partial charge in [0.15, 0.2) is 0 Å². The Morgan fingerprint density at radius 1 is 1.05 bits per heavy atom. The summed E-state index contributed by atoms with van der Waals surface area (Å²) in [7, 11) is -3.68. The van der Waals surface area contributed by atoms with Gasteiger partial charge in [0.25, 0.3) is 5.69 Å². The fraction of sp³-hybridized carbons (Fsp3) is 0.200. The van der Waals surface area contributed by atoms with E-state index in [1.54, 1.807) is 6.92 Å². The molecule has 0 heterocycles. The van der Waals surface area contributed by atoms with Crippen molar-refractivity contribution >= 4 is 15.7 Å². The molecule has 0 aromatic heterocycles. The van der Waals surface area contributed by atoms with E-state index in [0.29, 0.717) is 6.54 Å². The largest absolute Gasteiger partial charge is 0.269 e. The first kappa shape index (κ1) is 16.1. The quantitative estimate of drug-likeness (QED) is 0.605. The van der Waals surface area contributed by atoms with Crippen molar-refractivity contribution in [2.75, 3.05) is 6.54 Å². The van der Waals surface area contributed by atoms with Crippen LogP contribution in [0, 0.1) is 10.1 Å². The molecule has 0 radical (unpaired) electrons. The van der Waals surface area contributed by atoms with Crippen molar-refractivity contribution in [1.82, 2.24) is 4.31 Å². The van der Waals surface area contributed by atoms with Gasteiger partial charge in [0.05, 0.1) is 9.82 Å². The summed E-state index contributed by atoms with van der Waals surface area (Å²) in [5, 5.41) is 10.6. The lowest BCUT2D eigenvalue weighted by atomic mass is 10.2. The summed E-state index contributed by atoms with van der Waals surface area (Å²) < 4.78 is 26.5. The first-order valence-electron chi connectivity index (χ1n) is 6.73. The molecule has 7 heteroatoms. The minimum Gasteiger partial charge on any atom is -0.258 e. The Bertz CT molecular complexity index is 743. The number of hydrogen-bond acceptors (Lipinski definition) is 4. The van der Waals surface area contributed by atoms with E-state index in [1.165, 1.54) is 28.6 Å². The molecule has 2 aromatic carbocycles. The van der Waals surface area contributed by atoms with Gasteiger partial charge >= 0.3 is 0 Å². The van der Waals surface area contributed by atoms with Crippen molar-refractivity contribution < 1.29 is 13.3 Å². The maximum absolute atomic E-state index is 12.6. The van der Waals surface area contributed by atoms with Crippen LogP contribution in [0.5, 0.6) is 0 Å². The average molecular weight is 320 g/mol. The van der Waals surface area contributed by atoms with Crippen LogP contribution in [0.4, 0.5) is 5.69 Å². The van der Waals surface area contributed by atoms with E-state index in [0.717, 1.165) is 5.56 Å². The molecule has 0 bridgehead atoms. The SMILES string of the molecule is CCN(Cc1ccccc1)S(=O)(=O)c1ccc([N+](=O)[O-])cc1. The Balaban J connectivity index is 2.28. The zero-order valence-electron chi connectivity index (χ0n) is 12.0. The standard InChI is InChI=1S/C15H16N2O4S/c1-2-16(12-13-6-4-3-5-7-13)22(20,21)15-10-8-14(9-11-15)17(18)19/h3-11H,2,12H2,1H3. The summed E-state index contributed by atoms with van der Waals surface area (Å²) in [5.74, 6) is 0. The summed E-state index contributed by atoms with van der Waals surface area (Å²) in [6, 6.07) is 14.2. The van der Waals surface area contributed by atoms with Crippen LogP contribution in [0.2, 0.25) is 0 Å². The molecule has 0 atom stereocenters. The molecule has 0 aliphatic heterocycles. The number of nitrogens with zero attached hydrogens (tertiary/aromatic N) is 2. The van der Waals surface area contributed by atoms with Crippen molar-refractivity contribution in [2.45, 2.75) is 18.4 Å². The van der Waals surface area contributed by atoms with Gasteiger partial charge in [-0.1, -0.05) is 37.3 Å². The van der Waals surface area contributed by atoms with Crippen molar-refractivity contribution in [3.63, 3.8) is 0 Å². The molecule has 6 nitrogen and oxygen atoms in total. The third kappa shape index (κ3) is 3.49. The molecule has 0 N–H and O–H groups in total. The summed E-state index contributed by atoms with van der Waals surface area (Å²) in [6.45, 7) is 2.33. The lowest BCUT2D eigenvalue weighted by Gasteiger charge is -2.20. The van der Waals surface area contributed by atoms with Gasteiger partial charge in [-0.3, -0.25) is 10.1 Å². The average Bonchev–Trinajstić information content (AvgIpc) is 2.53. The fourth-order valence-electron chi connectivity index (χ4n) is 2.04. The van der Waals surface area contributed by atoms with Crippen LogP contribution in [-0.2, 0) is 16.6 Å². The summed E-state index contributed by atoms with van der Waals surface area (Å²) in [4.78, 5) is 10.1. The van der Waals surface area contributed by atoms with Gasteiger partial charge in [-0.25, -0.2) is 8.42 Å². The zero-order valence-corrected chi connectivity index (χ0v) is 12.9. The van der Waals surface area contributed by atoms with E-state index in [2.05, 4.69) is 0 Å². The van der Waals surface area contributed by atoms with Crippen molar-refractivity contribution in [2.24, 2.45) is 0 Å². The zero-order chi connectivity index (χ0) is 16.2.